The molecular weight excluding hydrogens is 240 g/mol. The number of amidine groups is 1. The van der Waals surface area contributed by atoms with Gasteiger partial charge in [-0.15, -0.1) is 11.3 Å². The number of halogens is 1. The summed E-state index contributed by atoms with van der Waals surface area (Å²) < 4.78 is 1.04. The van der Waals surface area contributed by atoms with Crippen LogP contribution in [0.1, 0.15) is 4.88 Å². The summed E-state index contributed by atoms with van der Waals surface area (Å²) in [6, 6.07) is 3.87. The van der Waals surface area contributed by atoms with E-state index < -0.39 is 0 Å². The Kier molecular flexibility index (Phi) is 1.98. The summed E-state index contributed by atoms with van der Waals surface area (Å²) in [5, 5.41) is 2.68. The molecule has 1 aromatic rings. The molecule has 5 heteroatoms. The standard InChI is InChI=1S/C7H5BrN2OS/c8-5-2-1-4(12-5)7-9-3-6(11)10-7/h1-2H,3H2,(H,9,10,11). The monoisotopic (exact) mass is 244 g/mol. The summed E-state index contributed by atoms with van der Waals surface area (Å²) in [5.41, 5.74) is 0. The van der Waals surface area contributed by atoms with E-state index in [2.05, 4.69) is 26.2 Å². The van der Waals surface area contributed by atoms with Gasteiger partial charge in [-0.05, 0) is 28.1 Å². The van der Waals surface area contributed by atoms with Crippen LogP contribution in [0.2, 0.25) is 0 Å². The van der Waals surface area contributed by atoms with Gasteiger partial charge in [0.25, 0.3) is 0 Å². The number of hydrogen-bond donors (Lipinski definition) is 1. The predicted octanol–water partition coefficient (Wildman–Crippen LogP) is 1.39. The number of aliphatic imine (C=N–C) groups is 1. The first-order valence-electron chi connectivity index (χ1n) is 3.36. The summed E-state index contributed by atoms with van der Waals surface area (Å²) in [4.78, 5) is 15.8. The summed E-state index contributed by atoms with van der Waals surface area (Å²) in [7, 11) is 0. The van der Waals surface area contributed by atoms with E-state index in [1.54, 1.807) is 11.3 Å². The lowest BCUT2D eigenvalue weighted by Crippen LogP contribution is -2.24. The van der Waals surface area contributed by atoms with Crippen molar-refractivity contribution in [2.24, 2.45) is 4.99 Å². The Hall–Kier alpha value is -0.680. The molecule has 0 aromatic carbocycles. The number of thiophene rings is 1. The highest BCUT2D eigenvalue weighted by Gasteiger charge is 2.15. The van der Waals surface area contributed by atoms with Crippen molar-refractivity contribution in [2.45, 2.75) is 0 Å². The smallest absolute Gasteiger partial charge is 0.247 e. The molecule has 0 saturated heterocycles. The van der Waals surface area contributed by atoms with Gasteiger partial charge in [-0.25, -0.2) is 0 Å². The summed E-state index contributed by atoms with van der Waals surface area (Å²) in [5.74, 6) is 0.658. The first-order valence-corrected chi connectivity index (χ1v) is 4.96. The van der Waals surface area contributed by atoms with E-state index in [4.69, 9.17) is 0 Å². The zero-order chi connectivity index (χ0) is 8.55. The zero-order valence-electron chi connectivity index (χ0n) is 6.00. The molecule has 0 aliphatic carbocycles. The van der Waals surface area contributed by atoms with Crippen molar-refractivity contribution in [2.75, 3.05) is 6.54 Å². The van der Waals surface area contributed by atoms with E-state index in [0.29, 0.717) is 5.84 Å². The molecule has 1 amide bonds. The number of nitrogens with one attached hydrogen (secondary N) is 1. The Morgan fingerprint density at radius 1 is 1.58 bits per heavy atom. The van der Waals surface area contributed by atoms with E-state index in [1.165, 1.54) is 0 Å². The molecule has 1 aliphatic rings. The number of hydrogen-bond acceptors (Lipinski definition) is 3. The van der Waals surface area contributed by atoms with Crippen LogP contribution in [0.5, 0.6) is 0 Å². The normalized spacial score (nSPS) is 16.1. The molecular formula is C7H5BrN2OS. The lowest BCUT2D eigenvalue weighted by atomic mass is 10.4. The second-order valence-corrected chi connectivity index (χ2v) is 4.78. The quantitative estimate of drug-likeness (QED) is 0.798. The molecule has 2 rings (SSSR count). The Morgan fingerprint density at radius 3 is 2.92 bits per heavy atom. The van der Waals surface area contributed by atoms with Gasteiger partial charge in [0.1, 0.15) is 12.4 Å². The van der Waals surface area contributed by atoms with Crippen molar-refractivity contribution < 1.29 is 4.79 Å². The van der Waals surface area contributed by atoms with Crippen LogP contribution in [-0.2, 0) is 4.79 Å². The fourth-order valence-electron chi connectivity index (χ4n) is 0.943. The fourth-order valence-corrected chi connectivity index (χ4v) is 2.29. The maximum absolute atomic E-state index is 10.8. The summed E-state index contributed by atoms with van der Waals surface area (Å²) in [6.45, 7) is 0.255. The molecule has 1 aliphatic heterocycles. The van der Waals surface area contributed by atoms with Crippen molar-refractivity contribution >= 4 is 39.0 Å². The molecule has 0 bridgehead atoms. The van der Waals surface area contributed by atoms with Crippen LogP contribution in [0.25, 0.3) is 0 Å². The average molecular weight is 245 g/mol. The van der Waals surface area contributed by atoms with E-state index in [9.17, 15) is 4.79 Å². The van der Waals surface area contributed by atoms with Crippen LogP contribution in [0.15, 0.2) is 20.9 Å². The molecule has 12 heavy (non-hydrogen) atoms. The van der Waals surface area contributed by atoms with Crippen molar-refractivity contribution in [3.8, 4) is 0 Å². The summed E-state index contributed by atoms with van der Waals surface area (Å²) in [6.07, 6.45) is 0. The van der Waals surface area contributed by atoms with Crippen molar-refractivity contribution in [3.63, 3.8) is 0 Å². The lowest BCUT2D eigenvalue weighted by Gasteiger charge is -1.93. The molecule has 1 N–H and O–H groups in total. The average Bonchev–Trinajstić information content (AvgIpc) is 2.58. The van der Waals surface area contributed by atoms with Gasteiger partial charge in [-0.1, -0.05) is 0 Å². The van der Waals surface area contributed by atoms with Gasteiger partial charge < -0.3 is 5.32 Å². The van der Waals surface area contributed by atoms with E-state index in [1.807, 2.05) is 12.1 Å². The van der Waals surface area contributed by atoms with Crippen molar-refractivity contribution in [3.05, 3.63) is 20.8 Å². The second kappa shape index (κ2) is 2.99. The van der Waals surface area contributed by atoms with Crippen LogP contribution < -0.4 is 5.32 Å². The predicted molar refractivity (Wildman–Crippen MR) is 51.6 cm³/mol. The van der Waals surface area contributed by atoms with E-state index in [-0.39, 0.29) is 12.5 Å². The molecule has 0 unspecified atom stereocenters. The van der Waals surface area contributed by atoms with Gasteiger partial charge in [0.2, 0.25) is 5.91 Å². The van der Waals surface area contributed by atoms with Crippen LogP contribution in [0.4, 0.5) is 0 Å². The topological polar surface area (TPSA) is 41.5 Å². The highest BCUT2D eigenvalue weighted by atomic mass is 79.9. The number of nitrogens with zero attached hydrogens (tertiary/aromatic N) is 1. The molecule has 0 saturated carbocycles. The number of carbonyl (C=O) groups is 1. The fraction of sp³-hybridized carbons (Fsp3) is 0.143. The molecule has 0 spiro atoms. The Balaban J connectivity index is 2.27. The van der Waals surface area contributed by atoms with Crippen LogP contribution in [0.3, 0.4) is 0 Å². The van der Waals surface area contributed by atoms with Gasteiger partial charge in [-0.2, -0.15) is 0 Å². The molecule has 0 atom stereocenters. The Morgan fingerprint density at radius 2 is 2.42 bits per heavy atom. The van der Waals surface area contributed by atoms with Gasteiger partial charge in [-0.3, -0.25) is 9.79 Å². The molecule has 0 radical (unpaired) electrons. The third-order valence-corrected chi connectivity index (χ3v) is 3.08. The van der Waals surface area contributed by atoms with E-state index >= 15 is 0 Å². The van der Waals surface area contributed by atoms with Crippen LogP contribution in [0, 0.1) is 0 Å². The van der Waals surface area contributed by atoms with Gasteiger partial charge in [0, 0.05) is 0 Å². The van der Waals surface area contributed by atoms with Crippen molar-refractivity contribution in [1.29, 1.82) is 0 Å². The minimum atomic E-state index is -0.0328. The highest BCUT2D eigenvalue weighted by Crippen LogP contribution is 2.22. The van der Waals surface area contributed by atoms with E-state index in [0.717, 1.165) is 8.66 Å². The maximum Gasteiger partial charge on any atom is 0.247 e. The molecule has 62 valence electrons. The first kappa shape index (κ1) is 7.94. The van der Waals surface area contributed by atoms with Gasteiger partial charge in [0.15, 0.2) is 0 Å². The van der Waals surface area contributed by atoms with Crippen LogP contribution in [-0.4, -0.2) is 18.3 Å². The number of amides is 1. The first-order chi connectivity index (χ1) is 5.75. The van der Waals surface area contributed by atoms with Gasteiger partial charge in [0.05, 0.1) is 8.66 Å². The molecule has 0 fully saturated rings. The van der Waals surface area contributed by atoms with Crippen molar-refractivity contribution in [1.82, 2.24) is 5.32 Å². The third kappa shape index (κ3) is 1.42. The molecule has 1 aromatic heterocycles. The summed E-state index contributed by atoms with van der Waals surface area (Å²) >= 11 is 4.90. The number of carbonyl (C=O) groups excluding carboxylic acids is 1. The van der Waals surface area contributed by atoms with Gasteiger partial charge >= 0.3 is 0 Å². The Bertz CT molecular complexity index is 358. The third-order valence-electron chi connectivity index (χ3n) is 1.45. The second-order valence-electron chi connectivity index (χ2n) is 2.32. The lowest BCUT2D eigenvalue weighted by molar-refractivity contribution is -0.117. The zero-order valence-corrected chi connectivity index (χ0v) is 8.41. The van der Waals surface area contributed by atoms with Crippen LogP contribution >= 0.6 is 27.3 Å². The SMILES string of the molecule is O=C1CN=C(c2ccc(Br)s2)N1. The minimum absolute atomic E-state index is 0.0328. The minimum Gasteiger partial charge on any atom is -0.308 e. The molecule has 3 nitrogen and oxygen atoms in total. The molecule has 2 heterocycles. The Labute approximate surface area is 81.6 Å². The maximum atomic E-state index is 10.8. The number of rotatable bonds is 1. The largest absolute Gasteiger partial charge is 0.308 e. The highest BCUT2D eigenvalue weighted by molar-refractivity contribution is 9.11.